The lowest BCUT2D eigenvalue weighted by Crippen LogP contribution is -2.27. The van der Waals surface area contributed by atoms with E-state index in [-0.39, 0.29) is 24.3 Å². The Morgan fingerprint density at radius 3 is 2.82 bits per heavy atom. The number of aryl methyl sites for hydroxylation is 1. The number of rotatable bonds is 8. The fourth-order valence-electron chi connectivity index (χ4n) is 4.01. The van der Waals surface area contributed by atoms with Gasteiger partial charge in [-0.05, 0) is 30.7 Å². The van der Waals surface area contributed by atoms with Crippen molar-refractivity contribution >= 4 is 11.6 Å². The predicted molar refractivity (Wildman–Crippen MR) is 124 cm³/mol. The summed E-state index contributed by atoms with van der Waals surface area (Å²) < 4.78 is 19.5. The molecule has 1 aliphatic carbocycles. The van der Waals surface area contributed by atoms with Crippen LogP contribution < -0.4 is 16.0 Å². The van der Waals surface area contributed by atoms with Crippen LogP contribution >= 0.6 is 0 Å². The molecule has 2 heterocycles. The molecule has 1 unspecified atom stereocenters. The third-order valence-electron chi connectivity index (χ3n) is 5.52. The van der Waals surface area contributed by atoms with E-state index in [2.05, 4.69) is 20.4 Å². The molecule has 0 saturated heterocycles. The zero-order valence-electron chi connectivity index (χ0n) is 18.8. The van der Waals surface area contributed by atoms with Gasteiger partial charge >= 0.3 is 0 Å². The van der Waals surface area contributed by atoms with E-state index in [0.29, 0.717) is 40.6 Å². The van der Waals surface area contributed by atoms with Gasteiger partial charge in [-0.3, -0.25) is 10.3 Å². The van der Waals surface area contributed by atoms with Gasteiger partial charge in [0.25, 0.3) is 0 Å². The highest BCUT2D eigenvalue weighted by molar-refractivity contribution is 5.73. The van der Waals surface area contributed by atoms with Gasteiger partial charge in [-0.25, -0.2) is 19.3 Å². The average Bonchev–Trinajstić information content (AvgIpc) is 2.83. The summed E-state index contributed by atoms with van der Waals surface area (Å²) in [6.45, 7) is 1.27. The standard InChI is InChI=1S/C24H26FN5O4/c1-13-23-20(29-24(26)27-13)8-14(9-21(23)30-34-12-16(32)11-31)17-7-6-15(25)10-18(17)19-4-3-5-22(28-19)33-2/h3-7,9-10,14,16,30-32H,8,11-12H2,1-2H3,(H2,26,27,29)/t14?,16-/m1/s1. The molecule has 10 heteroatoms. The largest absolute Gasteiger partial charge is 0.481 e. The monoisotopic (exact) mass is 467 g/mol. The van der Waals surface area contributed by atoms with Crippen molar-refractivity contribution in [2.75, 3.05) is 26.1 Å². The van der Waals surface area contributed by atoms with Crippen LogP contribution in [-0.4, -0.2) is 51.6 Å². The van der Waals surface area contributed by atoms with Crippen molar-refractivity contribution < 1.29 is 24.2 Å². The molecule has 34 heavy (non-hydrogen) atoms. The van der Waals surface area contributed by atoms with Crippen molar-refractivity contribution in [1.29, 1.82) is 0 Å². The molecule has 178 valence electrons. The molecule has 1 aromatic carbocycles. The number of aromatic nitrogens is 3. The number of anilines is 1. The number of aliphatic hydroxyl groups excluding tert-OH is 2. The second-order valence-electron chi connectivity index (χ2n) is 7.93. The molecule has 0 saturated carbocycles. The maximum absolute atomic E-state index is 14.3. The number of hydrogen-bond acceptors (Lipinski definition) is 9. The summed E-state index contributed by atoms with van der Waals surface area (Å²) >= 11 is 0. The van der Waals surface area contributed by atoms with Gasteiger partial charge in [0.1, 0.15) is 18.5 Å². The highest BCUT2D eigenvalue weighted by atomic mass is 19.1. The lowest BCUT2D eigenvalue weighted by atomic mass is 9.83. The zero-order chi connectivity index (χ0) is 24.2. The number of nitrogen functional groups attached to an aromatic ring is 1. The SMILES string of the molecule is COc1cccc(-c2cc(F)ccc2C2C=C(NOC[C@H](O)CO)c3c(C)nc(N)nc3C2)n1. The summed E-state index contributed by atoms with van der Waals surface area (Å²) in [5.41, 5.74) is 13.5. The van der Waals surface area contributed by atoms with Crippen molar-refractivity contribution in [1.82, 2.24) is 20.4 Å². The maximum Gasteiger partial charge on any atom is 0.220 e. The number of nitrogens with zero attached hydrogens (tertiary/aromatic N) is 3. The lowest BCUT2D eigenvalue weighted by Gasteiger charge is -2.27. The number of benzene rings is 1. The Morgan fingerprint density at radius 2 is 2.06 bits per heavy atom. The summed E-state index contributed by atoms with van der Waals surface area (Å²) in [4.78, 5) is 18.6. The van der Waals surface area contributed by atoms with Gasteiger partial charge in [-0.15, -0.1) is 0 Å². The molecule has 0 amide bonds. The van der Waals surface area contributed by atoms with Gasteiger partial charge < -0.3 is 20.7 Å². The van der Waals surface area contributed by atoms with Crippen LogP contribution in [-0.2, 0) is 11.3 Å². The van der Waals surface area contributed by atoms with E-state index >= 15 is 0 Å². The number of nitrogens with two attached hydrogens (primary N) is 1. The second-order valence-corrected chi connectivity index (χ2v) is 7.93. The Morgan fingerprint density at radius 1 is 1.24 bits per heavy atom. The third kappa shape index (κ3) is 4.98. The number of methoxy groups -OCH3 is 1. The van der Waals surface area contributed by atoms with Crippen molar-refractivity contribution in [3.8, 4) is 17.1 Å². The molecule has 0 aliphatic heterocycles. The first-order valence-electron chi connectivity index (χ1n) is 10.7. The van der Waals surface area contributed by atoms with E-state index in [9.17, 15) is 9.50 Å². The van der Waals surface area contributed by atoms with Gasteiger partial charge in [0.2, 0.25) is 11.8 Å². The molecule has 0 fully saturated rings. The van der Waals surface area contributed by atoms with E-state index in [0.717, 1.165) is 11.1 Å². The molecule has 1 aliphatic rings. The Hall–Kier alpha value is -3.60. The molecule has 2 aromatic heterocycles. The van der Waals surface area contributed by atoms with Crippen LogP contribution in [0, 0.1) is 12.7 Å². The Balaban J connectivity index is 1.77. The smallest absolute Gasteiger partial charge is 0.220 e. The van der Waals surface area contributed by atoms with E-state index in [1.165, 1.54) is 19.2 Å². The number of allylic oxidation sites excluding steroid dienone is 1. The van der Waals surface area contributed by atoms with Crippen LogP contribution in [0.3, 0.4) is 0 Å². The van der Waals surface area contributed by atoms with Crippen LogP contribution in [0.1, 0.15) is 28.4 Å². The highest BCUT2D eigenvalue weighted by Gasteiger charge is 2.27. The number of aliphatic hydroxyl groups is 2. The molecule has 9 nitrogen and oxygen atoms in total. The minimum Gasteiger partial charge on any atom is -0.481 e. The first-order chi connectivity index (χ1) is 16.4. The minimum atomic E-state index is -1.03. The number of hydrogen-bond donors (Lipinski definition) is 4. The number of nitrogens with one attached hydrogen (secondary N) is 1. The molecule has 0 bridgehead atoms. The Kier molecular flexibility index (Phi) is 7.01. The molecule has 5 N–H and O–H groups in total. The number of hydroxylamine groups is 1. The van der Waals surface area contributed by atoms with Gasteiger partial charge in [0, 0.05) is 29.5 Å². The second kappa shape index (κ2) is 10.1. The summed E-state index contributed by atoms with van der Waals surface area (Å²) in [6, 6.07) is 9.90. The average molecular weight is 468 g/mol. The topological polar surface area (TPSA) is 136 Å². The van der Waals surface area contributed by atoms with Gasteiger partial charge in [-0.2, -0.15) is 0 Å². The van der Waals surface area contributed by atoms with Crippen molar-refractivity contribution in [2.45, 2.75) is 25.4 Å². The van der Waals surface area contributed by atoms with Crippen LogP contribution in [0.2, 0.25) is 0 Å². The molecule has 3 aromatic rings. The molecule has 4 rings (SSSR count). The van der Waals surface area contributed by atoms with Crippen molar-refractivity contribution in [3.05, 3.63) is 70.8 Å². The molecule has 2 atom stereocenters. The summed E-state index contributed by atoms with van der Waals surface area (Å²) in [6.07, 6.45) is 1.41. The lowest BCUT2D eigenvalue weighted by molar-refractivity contribution is -0.0191. The molecule has 0 spiro atoms. The van der Waals surface area contributed by atoms with Crippen LogP contribution in [0.5, 0.6) is 5.88 Å². The number of ether oxygens (including phenoxy) is 1. The van der Waals surface area contributed by atoms with Crippen LogP contribution in [0.15, 0.2) is 42.5 Å². The first kappa shape index (κ1) is 23.6. The summed E-state index contributed by atoms with van der Waals surface area (Å²) in [5.74, 6) is -0.0300. The number of pyridine rings is 1. The fourth-order valence-corrected chi connectivity index (χ4v) is 4.01. The highest BCUT2D eigenvalue weighted by Crippen LogP contribution is 2.38. The van der Waals surface area contributed by atoms with Crippen LogP contribution in [0.25, 0.3) is 17.0 Å². The zero-order valence-corrected chi connectivity index (χ0v) is 18.8. The van der Waals surface area contributed by atoms with Crippen molar-refractivity contribution in [3.63, 3.8) is 0 Å². The molecule has 0 radical (unpaired) electrons. The Labute approximate surface area is 196 Å². The fraction of sp³-hybridized carbons (Fsp3) is 0.292. The quantitative estimate of drug-likeness (QED) is 0.367. The van der Waals surface area contributed by atoms with E-state index < -0.39 is 12.7 Å². The maximum atomic E-state index is 14.3. The minimum absolute atomic E-state index is 0.127. The number of fused-ring (bicyclic) bond motifs is 1. The molecular weight excluding hydrogens is 441 g/mol. The van der Waals surface area contributed by atoms with E-state index in [4.69, 9.17) is 20.4 Å². The first-order valence-corrected chi connectivity index (χ1v) is 10.7. The van der Waals surface area contributed by atoms with Gasteiger partial charge in [0.15, 0.2) is 0 Å². The van der Waals surface area contributed by atoms with Crippen LogP contribution in [0.4, 0.5) is 10.3 Å². The number of halogens is 1. The van der Waals surface area contributed by atoms with E-state index in [1.807, 2.05) is 13.0 Å². The van der Waals surface area contributed by atoms with Crippen molar-refractivity contribution in [2.24, 2.45) is 0 Å². The van der Waals surface area contributed by atoms with Gasteiger partial charge in [-0.1, -0.05) is 18.2 Å². The van der Waals surface area contributed by atoms with E-state index in [1.54, 1.807) is 24.3 Å². The summed E-state index contributed by atoms with van der Waals surface area (Å²) in [7, 11) is 1.53. The third-order valence-corrected chi connectivity index (χ3v) is 5.52. The van der Waals surface area contributed by atoms with Gasteiger partial charge in [0.05, 0.1) is 36.5 Å². The normalized spacial score (nSPS) is 15.9. The summed E-state index contributed by atoms with van der Waals surface area (Å²) in [5, 5.41) is 18.6. The predicted octanol–water partition coefficient (Wildman–Crippen LogP) is 2.13. The molecular formula is C24H26FN5O4. The Bertz CT molecular complexity index is 1220.